The number of benzene rings is 1. The summed E-state index contributed by atoms with van der Waals surface area (Å²) in [6, 6.07) is 5.23. The maximum absolute atomic E-state index is 11.7. The molecule has 17 heavy (non-hydrogen) atoms. The third-order valence-corrected chi connectivity index (χ3v) is 3.86. The Balaban J connectivity index is 2.79. The van der Waals surface area contributed by atoms with Gasteiger partial charge in [0.1, 0.15) is 5.75 Å². The van der Waals surface area contributed by atoms with Crippen molar-refractivity contribution >= 4 is 23.8 Å². The second kappa shape index (κ2) is 6.01. The summed E-state index contributed by atoms with van der Waals surface area (Å²) < 4.78 is 22.3. The molecule has 0 saturated carbocycles. The molecular formula is C11H16BrO4P. The standard InChI is InChI=1S/C11H16BrO4P/c1-4-9(3)15-17(13,14)16-11-6-5-8(2)7-10(11)12/h5-7,9H,4H2,1-3H3,(H,13,14). The Bertz CT molecular complexity index is 435. The lowest BCUT2D eigenvalue weighted by atomic mass is 10.2. The van der Waals surface area contributed by atoms with Crippen LogP contribution in [-0.2, 0) is 9.09 Å². The van der Waals surface area contributed by atoms with E-state index in [0.717, 1.165) is 5.56 Å². The Labute approximate surface area is 110 Å². The van der Waals surface area contributed by atoms with E-state index >= 15 is 0 Å². The molecule has 0 aliphatic heterocycles. The van der Waals surface area contributed by atoms with Crippen LogP contribution in [0.3, 0.4) is 0 Å². The third kappa shape index (κ3) is 4.80. The van der Waals surface area contributed by atoms with Gasteiger partial charge in [-0.2, -0.15) is 0 Å². The molecule has 1 N–H and O–H groups in total. The first-order valence-corrected chi connectivity index (χ1v) is 7.60. The Kier molecular flexibility index (Phi) is 5.20. The van der Waals surface area contributed by atoms with Gasteiger partial charge in [0.15, 0.2) is 0 Å². The first-order valence-electron chi connectivity index (χ1n) is 5.31. The summed E-state index contributed by atoms with van der Waals surface area (Å²) in [5, 5.41) is 0. The van der Waals surface area contributed by atoms with Gasteiger partial charge in [-0.25, -0.2) is 4.57 Å². The Morgan fingerprint density at radius 2 is 2.18 bits per heavy atom. The van der Waals surface area contributed by atoms with Gasteiger partial charge < -0.3 is 4.52 Å². The fourth-order valence-corrected chi connectivity index (χ4v) is 2.88. The number of phosphoric acid groups is 1. The molecular weight excluding hydrogens is 307 g/mol. The predicted octanol–water partition coefficient (Wildman–Crippen LogP) is 4.05. The highest BCUT2D eigenvalue weighted by Gasteiger charge is 2.26. The normalized spacial score (nSPS) is 16.3. The molecule has 4 nitrogen and oxygen atoms in total. The van der Waals surface area contributed by atoms with Crippen LogP contribution in [0.1, 0.15) is 25.8 Å². The van der Waals surface area contributed by atoms with Crippen molar-refractivity contribution < 1.29 is 18.5 Å². The quantitative estimate of drug-likeness (QED) is 0.831. The van der Waals surface area contributed by atoms with Gasteiger partial charge in [-0.15, -0.1) is 0 Å². The highest BCUT2D eigenvalue weighted by Crippen LogP contribution is 2.47. The highest BCUT2D eigenvalue weighted by molar-refractivity contribution is 9.10. The maximum Gasteiger partial charge on any atom is 0.527 e. The van der Waals surface area contributed by atoms with Crippen LogP contribution >= 0.6 is 23.8 Å². The number of hydrogen-bond acceptors (Lipinski definition) is 3. The molecule has 0 fully saturated rings. The van der Waals surface area contributed by atoms with Crippen molar-refractivity contribution in [3.63, 3.8) is 0 Å². The lowest BCUT2D eigenvalue weighted by Crippen LogP contribution is -2.07. The zero-order valence-corrected chi connectivity index (χ0v) is 12.5. The highest BCUT2D eigenvalue weighted by atomic mass is 79.9. The van der Waals surface area contributed by atoms with Gasteiger partial charge in [0.25, 0.3) is 0 Å². The van der Waals surface area contributed by atoms with E-state index in [0.29, 0.717) is 16.6 Å². The van der Waals surface area contributed by atoms with E-state index in [4.69, 9.17) is 9.05 Å². The second-order valence-corrected chi connectivity index (χ2v) is 6.00. The fourth-order valence-electron chi connectivity index (χ4n) is 1.13. The minimum Gasteiger partial charge on any atom is -0.403 e. The van der Waals surface area contributed by atoms with Crippen LogP contribution in [0.25, 0.3) is 0 Å². The molecule has 1 aromatic rings. The number of aryl methyl sites for hydroxylation is 1. The van der Waals surface area contributed by atoms with Crippen molar-refractivity contribution in [1.29, 1.82) is 0 Å². The number of phosphoric ester groups is 1. The fraction of sp³-hybridized carbons (Fsp3) is 0.455. The topological polar surface area (TPSA) is 55.8 Å². The largest absolute Gasteiger partial charge is 0.527 e. The van der Waals surface area contributed by atoms with Gasteiger partial charge in [-0.3, -0.25) is 9.42 Å². The van der Waals surface area contributed by atoms with Crippen molar-refractivity contribution in [3.05, 3.63) is 28.2 Å². The van der Waals surface area contributed by atoms with E-state index in [2.05, 4.69) is 15.9 Å². The van der Waals surface area contributed by atoms with Crippen LogP contribution in [0.4, 0.5) is 0 Å². The zero-order chi connectivity index (χ0) is 13.1. The molecule has 0 amide bonds. The van der Waals surface area contributed by atoms with Crippen LogP contribution in [0.5, 0.6) is 5.75 Å². The van der Waals surface area contributed by atoms with E-state index < -0.39 is 7.82 Å². The number of hydrogen-bond donors (Lipinski definition) is 1. The average molecular weight is 323 g/mol. The monoisotopic (exact) mass is 322 g/mol. The summed E-state index contributed by atoms with van der Waals surface area (Å²) in [5.41, 5.74) is 1.03. The van der Waals surface area contributed by atoms with Crippen LogP contribution in [-0.4, -0.2) is 11.0 Å². The molecule has 0 aliphatic carbocycles. The van der Waals surface area contributed by atoms with Crippen LogP contribution in [0.15, 0.2) is 22.7 Å². The molecule has 2 atom stereocenters. The van der Waals surface area contributed by atoms with Gasteiger partial charge in [0.05, 0.1) is 10.6 Å². The molecule has 0 spiro atoms. The van der Waals surface area contributed by atoms with Gasteiger partial charge in [-0.05, 0) is 53.9 Å². The summed E-state index contributed by atoms with van der Waals surface area (Å²) in [6.07, 6.45) is 0.318. The minimum atomic E-state index is -4.06. The summed E-state index contributed by atoms with van der Waals surface area (Å²) in [7, 11) is -4.06. The molecule has 2 unspecified atom stereocenters. The minimum absolute atomic E-state index is 0.296. The molecule has 6 heteroatoms. The van der Waals surface area contributed by atoms with Gasteiger partial charge in [-0.1, -0.05) is 13.0 Å². The molecule has 1 rings (SSSR count). The van der Waals surface area contributed by atoms with Gasteiger partial charge in [0.2, 0.25) is 0 Å². The summed E-state index contributed by atoms with van der Waals surface area (Å²) in [5.74, 6) is 0.296. The Morgan fingerprint density at radius 3 is 2.71 bits per heavy atom. The maximum atomic E-state index is 11.7. The Hall–Kier alpha value is -0.350. The van der Waals surface area contributed by atoms with E-state index in [-0.39, 0.29) is 6.10 Å². The molecule has 0 radical (unpaired) electrons. The predicted molar refractivity (Wildman–Crippen MR) is 70.2 cm³/mol. The van der Waals surface area contributed by atoms with Crippen molar-refractivity contribution in [2.45, 2.75) is 33.3 Å². The molecule has 0 bridgehead atoms. The van der Waals surface area contributed by atoms with Crippen LogP contribution in [0, 0.1) is 6.92 Å². The summed E-state index contributed by atoms with van der Waals surface area (Å²) >= 11 is 3.27. The first-order chi connectivity index (χ1) is 7.84. The van der Waals surface area contributed by atoms with Crippen LogP contribution in [0.2, 0.25) is 0 Å². The lowest BCUT2D eigenvalue weighted by molar-refractivity contribution is 0.147. The molecule has 1 aromatic carbocycles. The molecule has 0 saturated heterocycles. The summed E-state index contributed by atoms with van der Waals surface area (Å²) in [4.78, 5) is 9.55. The first kappa shape index (κ1) is 14.7. The van der Waals surface area contributed by atoms with E-state index in [9.17, 15) is 9.46 Å². The third-order valence-electron chi connectivity index (χ3n) is 2.19. The Morgan fingerprint density at radius 1 is 1.53 bits per heavy atom. The molecule has 0 aliphatic rings. The zero-order valence-electron chi connectivity index (χ0n) is 10.0. The van der Waals surface area contributed by atoms with Crippen molar-refractivity contribution in [1.82, 2.24) is 0 Å². The number of halogens is 1. The smallest absolute Gasteiger partial charge is 0.403 e. The molecule has 0 heterocycles. The van der Waals surface area contributed by atoms with Crippen LogP contribution < -0.4 is 4.52 Å². The lowest BCUT2D eigenvalue weighted by Gasteiger charge is -2.17. The van der Waals surface area contributed by atoms with Crippen molar-refractivity contribution in [2.75, 3.05) is 0 Å². The van der Waals surface area contributed by atoms with E-state index in [1.165, 1.54) is 0 Å². The van der Waals surface area contributed by atoms with Crippen molar-refractivity contribution in [3.8, 4) is 5.75 Å². The van der Waals surface area contributed by atoms with Crippen molar-refractivity contribution in [2.24, 2.45) is 0 Å². The van der Waals surface area contributed by atoms with E-state index in [1.807, 2.05) is 13.8 Å². The average Bonchev–Trinajstić information content (AvgIpc) is 2.21. The number of rotatable bonds is 5. The van der Waals surface area contributed by atoms with E-state index in [1.54, 1.807) is 25.1 Å². The molecule has 0 aromatic heterocycles. The summed E-state index contributed by atoms with van der Waals surface area (Å²) in [6.45, 7) is 5.51. The van der Waals surface area contributed by atoms with Gasteiger partial charge >= 0.3 is 7.82 Å². The van der Waals surface area contributed by atoms with Gasteiger partial charge in [0, 0.05) is 0 Å². The molecule has 96 valence electrons. The second-order valence-electron chi connectivity index (χ2n) is 3.82. The SMILES string of the molecule is CCC(C)OP(=O)(O)Oc1ccc(C)cc1Br.